The molecule has 2 heterocycles. The van der Waals surface area contributed by atoms with Crippen molar-refractivity contribution in [2.45, 2.75) is 33.4 Å². The first-order valence-corrected chi connectivity index (χ1v) is 9.90. The maximum Gasteiger partial charge on any atom is 0.331 e. The molecule has 3 aromatic rings. The number of carbonyl (C=O) groups excluding carboxylic acids is 2. The number of anilines is 1. The van der Waals surface area contributed by atoms with Crippen molar-refractivity contribution in [2.75, 3.05) is 12.4 Å². The molecule has 31 heavy (non-hydrogen) atoms. The molecule has 7 heteroatoms. The van der Waals surface area contributed by atoms with Gasteiger partial charge in [0.15, 0.2) is 6.10 Å². The number of carbonyl (C=O) groups is 2. The third kappa shape index (κ3) is 5.66. The molecule has 0 spiro atoms. The highest BCUT2D eigenvalue weighted by molar-refractivity contribution is 5.96. The zero-order valence-electron chi connectivity index (χ0n) is 18.0. The average Bonchev–Trinajstić information content (AvgIpc) is 3.36. The Kier molecular flexibility index (Phi) is 6.97. The van der Waals surface area contributed by atoms with Crippen LogP contribution in [-0.2, 0) is 20.9 Å². The lowest BCUT2D eigenvalue weighted by Gasteiger charge is -2.12. The zero-order valence-corrected chi connectivity index (χ0v) is 18.0. The molecule has 0 bridgehead atoms. The van der Waals surface area contributed by atoms with E-state index in [-0.39, 0.29) is 0 Å². The quantitative estimate of drug-likeness (QED) is 0.431. The summed E-state index contributed by atoms with van der Waals surface area (Å²) in [6, 6.07) is 12.7. The Labute approximate surface area is 181 Å². The first-order valence-electron chi connectivity index (χ1n) is 9.90. The Hall–Kier alpha value is -3.74. The smallest absolute Gasteiger partial charge is 0.331 e. The summed E-state index contributed by atoms with van der Waals surface area (Å²) in [6.07, 6.45) is 3.73. The number of aryl methyl sites for hydroxylation is 1. The van der Waals surface area contributed by atoms with Crippen molar-refractivity contribution in [3.8, 4) is 5.75 Å². The molecule has 3 rings (SSSR count). The fraction of sp³-hybridized carbons (Fsp3) is 0.250. The van der Waals surface area contributed by atoms with Crippen LogP contribution in [0.2, 0.25) is 0 Å². The summed E-state index contributed by atoms with van der Waals surface area (Å²) in [5.74, 6) is 0.538. The highest BCUT2D eigenvalue weighted by atomic mass is 16.5. The standard InChI is InChI=1S/C24H26N2O5/c1-16-14-19(17(2)26(16)15-22-6-5-13-30-22)7-12-23(27)31-18(3)24(28)25-20-8-10-21(29-4)11-9-20/h5-14,18H,15H2,1-4H3,(H,25,28)/b12-7+/t18-/m1/s1. The summed E-state index contributed by atoms with van der Waals surface area (Å²) in [5.41, 5.74) is 3.54. The molecule has 1 N–H and O–H groups in total. The predicted molar refractivity (Wildman–Crippen MR) is 118 cm³/mol. The Morgan fingerprint density at radius 3 is 2.58 bits per heavy atom. The van der Waals surface area contributed by atoms with Crippen LogP contribution in [0.4, 0.5) is 5.69 Å². The van der Waals surface area contributed by atoms with E-state index < -0.39 is 18.0 Å². The minimum atomic E-state index is -0.939. The number of aromatic nitrogens is 1. The van der Waals surface area contributed by atoms with Gasteiger partial charge in [-0.05, 0) is 74.9 Å². The van der Waals surface area contributed by atoms with Gasteiger partial charge in [0.25, 0.3) is 5.91 Å². The lowest BCUT2D eigenvalue weighted by atomic mass is 10.2. The van der Waals surface area contributed by atoms with Crippen LogP contribution in [-0.4, -0.2) is 29.7 Å². The van der Waals surface area contributed by atoms with Crippen LogP contribution in [0, 0.1) is 13.8 Å². The minimum absolute atomic E-state index is 0.413. The zero-order chi connectivity index (χ0) is 22.4. The van der Waals surface area contributed by atoms with E-state index >= 15 is 0 Å². The molecule has 0 saturated heterocycles. The van der Waals surface area contributed by atoms with Gasteiger partial charge >= 0.3 is 5.97 Å². The van der Waals surface area contributed by atoms with Crippen molar-refractivity contribution >= 4 is 23.6 Å². The molecule has 0 fully saturated rings. The maximum absolute atomic E-state index is 12.3. The number of rotatable bonds is 8. The highest BCUT2D eigenvalue weighted by Crippen LogP contribution is 2.19. The summed E-state index contributed by atoms with van der Waals surface area (Å²) in [6.45, 7) is 6.12. The van der Waals surface area contributed by atoms with E-state index in [1.54, 1.807) is 43.7 Å². The molecule has 0 aliphatic rings. The monoisotopic (exact) mass is 422 g/mol. The van der Waals surface area contributed by atoms with Crippen LogP contribution in [0.15, 0.2) is 59.2 Å². The second kappa shape index (κ2) is 9.84. The van der Waals surface area contributed by atoms with E-state index in [1.165, 1.54) is 13.0 Å². The van der Waals surface area contributed by atoms with Gasteiger partial charge in [-0.3, -0.25) is 4.79 Å². The molecule has 1 aromatic carbocycles. The number of nitrogens with one attached hydrogen (secondary N) is 1. The average molecular weight is 422 g/mol. The second-order valence-corrected chi connectivity index (χ2v) is 7.12. The predicted octanol–water partition coefficient (Wildman–Crippen LogP) is 4.34. The van der Waals surface area contributed by atoms with E-state index in [0.717, 1.165) is 22.7 Å². The molecule has 0 saturated carbocycles. The Morgan fingerprint density at radius 1 is 1.19 bits per heavy atom. The number of esters is 1. The van der Waals surface area contributed by atoms with E-state index in [2.05, 4.69) is 9.88 Å². The largest absolute Gasteiger partial charge is 0.497 e. The Morgan fingerprint density at radius 2 is 1.94 bits per heavy atom. The number of hydrogen-bond acceptors (Lipinski definition) is 5. The van der Waals surface area contributed by atoms with Crippen LogP contribution in [0.1, 0.15) is 29.6 Å². The number of hydrogen-bond donors (Lipinski definition) is 1. The van der Waals surface area contributed by atoms with Gasteiger partial charge in [0.1, 0.15) is 11.5 Å². The molecule has 0 unspecified atom stereocenters. The van der Waals surface area contributed by atoms with Crippen LogP contribution in [0.3, 0.4) is 0 Å². The Balaban J connectivity index is 1.57. The lowest BCUT2D eigenvalue weighted by molar-refractivity contribution is -0.148. The van der Waals surface area contributed by atoms with Gasteiger partial charge in [-0.2, -0.15) is 0 Å². The van der Waals surface area contributed by atoms with Gasteiger partial charge in [0, 0.05) is 23.2 Å². The van der Waals surface area contributed by atoms with Gasteiger partial charge < -0.3 is 23.8 Å². The lowest BCUT2D eigenvalue weighted by Crippen LogP contribution is -2.29. The first-order chi connectivity index (χ1) is 14.9. The summed E-state index contributed by atoms with van der Waals surface area (Å²) >= 11 is 0. The van der Waals surface area contributed by atoms with Crippen molar-refractivity contribution in [1.82, 2.24) is 4.57 Å². The van der Waals surface area contributed by atoms with Crippen LogP contribution >= 0.6 is 0 Å². The van der Waals surface area contributed by atoms with E-state index in [4.69, 9.17) is 13.9 Å². The number of nitrogens with zero attached hydrogens (tertiary/aromatic N) is 1. The van der Waals surface area contributed by atoms with Gasteiger partial charge in [-0.25, -0.2) is 4.79 Å². The van der Waals surface area contributed by atoms with Crippen molar-refractivity contribution in [3.05, 3.63) is 77.5 Å². The van der Waals surface area contributed by atoms with E-state index in [0.29, 0.717) is 18.0 Å². The molecule has 2 aromatic heterocycles. The molecule has 0 radical (unpaired) electrons. The Bertz CT molecular complexity index is 1060. The fourth-order valence-electron chi connectivity index (χ4n) is 3.14. The van der Waals surface area contributed by atoms with Crippen molar-refractivity contribution < 1.29 is 23.5 Å². The summed E-state index contributed by atoms with van der Waals surface area (Å²) in [5, 5.41) is 2.70. The number of ether oxygens (including phenoxy) is 2. The molecule has 7 nitrogen and oxygen atoms in total. The molecule has 0 aliphatic carbocycles. The molecule has 162 valence electrons. The molecule has 1 atom stereocenters. The summed E-state index contributed by atoms with van der Waals surface area (Å²) < 4.78 is 17.8. The summed E-state index contributed by atoms with van der Waals surface area (Å²) in [4.78, 5) is 24.5. The molecular formula is C24H26N2O5. The van der Waals surface area contributed by atoms with Gasteiger partial charge in [-0.1, -0.05) is 0 Å². The van der Waals surface area contributed by atoms with Crippen LogP contribution < -0.4 is 10.1 Å². The van der Waals surface area contributed by atoms with E-state index in [1.807, 2.05) is 32.0 Å². The van der Waals surface area contributed by atoms with E-state index in [9.17, 15) is 9.59 Å². The fourth-order valence-corrected chi connectivity index (χ4v) is 3.14. The van der Waals surface area contributed by atoms with Gasteiger partial charge in [-0.15, -0.1) is 0 Å². The number of furan rings is 1. The number of benzene rings is 1. The first kappa shape index (κ1) is 22.0. The van der Waals surface area contributed by atoms with Crippen LogP contribution in [0.5, 0.6) is 5.75 Å². The summed E-state index contributed by atoms with van der Waals surface area (Å²) in [7, 11) is 1.57. The van der Waals surface area contributed by atoms with Crippen molar-refractivity contribution in [1.29, 1.82) is 0 Å². The number of amides is 1. The van der Waals surface area contributed by atoms with Gasteiger partial charge in [0.2, 0.25) is 0 Å². The normalized spacial score (nSPS) is 12.0. The van der Waals surface area contributed by atoms with Crippen molar-refractivity contribution in [3.63, 3.8) is 0 Å². The maximum atomic E-state index is 12.3. The minimum Gasteiger partial charge on any atom is -0.497 e. The van der Waals surface area contributed by atoms with Crippen LogP contribution in [0.25, 0.3) is 6.08 Å². The number of methoxy groups -OCH3 is 1. The third-order valence-corrected chi connectivity index (χ3v) is 4.93. The third-order valence-electron chi connectivity index (χ3n) is 4.93. The van der Waals surface area contributed by atoms with Gasteiger partial charge in [0.05, 0.1) is 19.9 Å². The SMILES string of the molecule is COc1ccc(NC(=O)[C@@H](C)OC(=O)/C=C/c2cc(C)n(Cc3ccco3)c2C)cc1. The molecule has 1 amide bonds. The van der Waals surface area contributed by atoms with Crippen molar-refractivity contribution in [2.24, 2.45) is 0 Å². The highest BCUT2D eigenvalue weighted by Gasteiger charge is 2.17. The second-order valence-electron chi connectivity index (χ2n) is 7.12. The topological polar surface area (TPSA) is 82.7 Å². The molecular weight excluding hydrogens is 396 g/mol. The molecule has 0 aliphatic heterocycles.